The summed E-state index contributed by atoms with van der Waals surface area (Å²) in [4.78, 5) is 0. The van der Waals surface area contributed by atoms with Crippen LogP contribution >= 0.6 is 0 Å². The maximum atomic E-state index is 4.08. The summed E-state index contributed by atoms with van der Waals surface area (Å²) < 4.78 is 0. The number of allylic oxidation sites excluding steroid dienone is 1. The molecule has 27 heavy (non-hydrogen) atoms. The van der Waals surface area contributed by atoms with Gasteiger partial charge >= 0.3 is 0 Å². The van der Waals surface area contributed by atoms with Gasteiger partial charge in [0.1, 0.15) is 0 Å². The van der Waals surface area contributed by atoms with Crippen LogP contribution in [-0.2, 0) is 0 Å². The van der Waals surface area contributed by atoms with Gasteiger partial charge in [-0.3, -0.25) is 0 Å². The van der Waals surface area contributed by atoms with E-state index in [4.69, 9.17) is 0 Å². The van der Waals surface area contributed by atoms with Crippen molar-refractivity contribution >= 4 is 0 Å². The Morgan fingerprint density at radius 3 is 1.33 bits per heavy atom. The van der Waals surface area contributed by atoms with Crippen molar-refractivity contribution < 1.29 is 0 Å². The summed E-state index contributed by atoms with van der Waals surface area (Å²) in [6.07, 6.45) is 17.1. The smallest absolute Gasteiger partial charge is 0.0203 e. The van der Waals surface area contributed by atoms with E-state index in [1.54, 1.807) is 0 Å². The zero-order valence-electron chi connectivity index (χ0n) is 17.9. The van der Waals surface area contributed by atoms with Crippen LogP contribution in [-0.4, -0.2) is 0 Å². The minimum Gasteiger partial charge on any atom is -0.100 e. The number of rotatable bonds is 2. The largest absolute Gasteiger partial charge is 0.100 e. The Labute approximate surface area is 169 Å². The summed E-state index contributed by atoms with van der Waals surface area (Å²) in [6, 6.07) is 0. The minimum absolute atomic E-state index is 0.645. The van der Waals surface area contributed by atoms with Gasteiger partial charge in [-0.25, -0.2) is 0 Å². The van der Waals surface area contributed by atoms with Crippen molar-refractivity contribution in [1.82, 2.24) is 0 Å². The van der Waals surface area contributed by atoms with Gasteiger partial charge in [0.05, 0.1) is 0 Å². The Bertz CT molecular complexity index is 579. The highest BCUT2D eigenvalue weighted by molar-refractivity contribution is 5.13. The summed E-state index contributed by atoms with van der Waals surface area (Å²) in [5.41, 5.74) is 1.35. The van der Waals surface area contributed by atoms with Crippen molar-refractivity contribution in [2.45, 2.75) is 97.3 Å². The molecule has 0 aliphatic heterocycles. The fourth-order valence-corrected chi connectivity index (χ4v) is 5.26. The van der Waals surface area contributed by atoms with Crippen molar-refractivity contribution in [2.24, 2.45) is 35.5 Å². The van der Waals surface area contributed by atoms with Gasteiger partial charge in [0.2, 0.25) is 0 Å². The van der Waals surface area contributed by atoms with Crippen LogP contribution in [0.25, 0.3) is 0 Å². The third-order valence-corrected chi connectivity index (χ3v) is 7.21. The molecule has 0 saturated heterocycles. The quantitative estimate of drug-likeness (QED) is 0.354. The lowest BCUT2D eigenvalue weighted by Crippen LogP contribution is -2.15. The topological polar surface area (TPSA) is 0 Å². The Hall–Kier alpha value is -1.14. The van der Waals surface area contributed by atoms with Gasteiger partial charge in [-0.2, -0.15) is 0 Å². The molecule has 0 amide bonds. The molecule has 0 atom stereocenters. The fraction of sp³-hybridized carbons (Fsp3) is 0.778. The Balaban J connectivity index is 1.36. The van der Waals surface area contributed by atoms with E-state index < -0.39 is 0 Å². The first-order valence-corrected chi connectivity index (χ1v) is 11.7. The molecule has 0 nitrogen and oxygen atoms in total. The maximum absolute atomic E-state index is 4.08. The fourth-order valence-electron chi connectivity index (χ4n) is 5.26. The summed E-state index contributed by atoms with van der Waals surface area (Å²) in [7, 11) is 0. The molecule has 0 spiro atoms. The molecular weight excluding hydrogens is 324 g/mol. The van der Waals surface area contributed by atoms with Crippen molar-refractivity contribution in [3.63, 3.8) is 0 Å². The molecule has 0 aromatic carbocycles. The molecule has 3 aliphatic carbocycles. The Morgan fingerprint density at radius 1 is 0.630 bits per heavy atom. The highest BCUT2D eigenvalue weighted by Gasteiger charge is 2.22. The molecule has 148 valence electrons. The van der Waals surface area contributed by atoms with E-state index in [9.17, 15) is 0 Å². The Morgan fingerprint density at radius 2 is 0.963 bits per heavy atom. The first-order valence-electron chi connectivity index (χ1n) is 11.7. The van der Waals surface area contributed by atoms with Crippen molar-refractivity contribution in [3.8, 4) is 23.7 Å². The van der Waals surface area contributed by atoms with Crippen LogP contribution in [0.1, 0.15) is 97.3 Å². The van der Waals surface area contributed by atoms with Crippen LogP contribution in [0.3, 0.4) is 0 Å². The van der Waals surface area contributed by atoms with E-state index in [-0.39, 0.29) is 0 Å². The van der Waals surface area contributed by atoms with Crippen LogP contribution in [0.2, 0.25) is 0 Å². The molecule has 0 aromatic rings. The third kappa shape index (κ3) is 7.07. The molecule has 0 radical (unpaired) electrons. The zero-order valence-corrected chi connectivity index (χ0v) is 17.9. The third-order valence-electron chi connectivity index (χ3n) is 7.21. The second-order valence-electron chi connectivity index (χ2n) is 9.96. The summed E-state index contributed by atoms with van der Waals surface area (Å²) in [6.45, 7) is 8.63. The van der Waals surface area contributed by atoms with Crippen LogP contribution in [0.15, 0.2) is 12.2 Å². The van der Waals surface area contributed by atoms with Gasteiger partial charge in [0, 0.05) is 23.7 Å². The summed E-state index contributed by atoms with van der Waals surface area (Å²) >= 11 is 0. The lowest BCUT2D eigenvalue weighted by atomic mass is 9.78. The highest BCUT2D eigenvalue weighted by Crippen LogP contribution is 2.33. The Kier molecular flexibility index (Phi) is 7.94. The van der Waals surface area contributed by atoms with Gasteiger partial charge in [-0.05, 0) is 102 Å². The summed E-state index contributed by atoms with van der Waals surface area (Å²) in [5.74, 6) is 19.1. The average molecular weight is 365 g/mol. The molecule has 0 N–H and O–H groups in total. The molecule has 0 aromatic heterocycles. The normalized spacial score (nSPS) is 36.7. The number of hydrogen-bond acceptors (Lipinski definition) is 0. The molecule has 3 fully saturated rings. The lowest BCUT2D eigenvalue weighted by Gasteiger charge is -2.26. The van der Waals surface area contributed by atoms with E-state index in [0.717, 1.165) is 11.8 Å². The van der Waals surface area contributed by atoms with Crippen LogP contribution in [0, 0.1) is 59.2 Å². The molecule has 0 heteroatoms. The molecular formula is C27H40. The molecule has 0 bridgehead atoms. The first kappa shape index (κ1) is 20.6. The molecule has 0 heterocycles. The molecule has 3 rings (SSSR count). The van der Waals surface area contributed by atoms with E-state index in [1.165, 1.54) is 89.0 Å². The lowest BCUT2D eigenvalue weighted by molar-refractivity contribution is 0.314. The highest BCUT2D eigenvalue weighted by atomic mass is 14.3. The van der Waals surface area contributed by atoms with Gasteiger partial charge < -0.3 is 0 Å². The predicted octanol–water partition coefficient (Wildman–Crippen LogP) is 7.40. The van der Waals surface area contributed by atoms with E-state index in [1.807, 2.05) is 0 Å². The second-order valence-corrected chi connectivity index (χ2v) is 9.96. The van der Waals surface area contributed by atoms with Crippen molar-refractivity contribution in [3.05, 3.63) is 12.2 Å². The number of hydrogen-bond donors (Lipinski definition) is 0. The monoisotopic (exact) mass is 364 g/mol. The van der Waals surface area contributed by atoms with E-state index >= 15 is 0 Å². The average Bonchev–Trinajstić information content (AvgIpc) is 2.67. The van der Waals surface area contributed by atoms with Gasteiger partial charge in [0.25, 0.3) is 0 Å². The standard InChI is InChI=1S/C27H40/c1-21(2)20-27-18-16-26(17-19-27)15-14-25-12-10-24(11-13-25)9-8-23-6-4-22(3)5-7-23/h22-27H,1,4-7,10-13,16-20H2,2-3H3. The van der Waals surface area contributed by atoms with Crippen LogP contribution in [0.5, 0.6) is 0 Å². The van der Waals surface area contributed by atoms with E-state index in [2.05, 4.69) is 44.1 Å². The molecule has 3 saturated carbocycles. The van der Waals surface area contributed by atoms with E-state index in [0.29, 0.717) is 23.7 Å². The van der Waals surface area contributed by atoms with Crippen molar-refractivity contribution in [2.75, 3.05) is 0 Å². The van der Waals surface area contributed by atoms with Crippen molar-refractivity contribution in [1.29, 1.82) is 0 Å². The molecule has 0 unspecified atom stereocenters. The maximum Gasteiger partial charge on any atom is 0.0203 e. The summed E-state index contributed by atoms with van der Waals surface area (Å²) in [5, 5.41) is 0. The zero-order chi connectivity index (χ0) is 19.1. The minimum atomic E-state index is 0.645. The predicted molar refractivity (Wildman–Crippen MR) is 117 cm³/mol. The SMILES string of the molecule is C=C(C)CC1CCC(C#CC2CCC(C#CC3CCC(C)CC3)CC2)CC1. The second kappa shape index (κ2) is 10.4. The van der Waals surface area contributed by atoms with Gasteiger partial charge in [0.15, 0.2) is 0 Å². The molecule has 3 aliphatic rings. The van der Waals surface area contributed by atoms with Crippen LogP contribution in [0.4, 0.5) is 0 Å². The van der Waals surface area contributed by atoms with Gasteiger partial charge in [-0.15, -0.1) is 6.58 Å². The van der Waals surface area contributed by atoms with Gasteiger partial charge in [-0.1, -0.05) is 36.2 Å². The van der Waals surface area contributed by atoms with Crippen LogP contribution < -0.4 is 0 Å². The first-order chi connectivity index (χ1) is 13.1.